The van der Waals surface area contributed by atoms with Gasteiger partial charge in [-0.25, -0.2) is 4.79 Å². The van der Waals surface area contributed by atoms with Crippen LogP contribution in [0.3, 0.4) is 0 Å². The minimum absolute atomic E-state index is 0.0829. The third-order valence-electron chi connectivity index (χ3n) is 2.77. The second-order valence-electron chi connectivity index (χ2n) is 7.20. The van der Waals surface area contributed by atoms with Gasteiger partial charge in [0.2, 0.25) is 0 Å². The largest absolute Gasteiger partial charge is 0.337 e. The predicted molar refractivity (Wildman–Crippen MR) is 81.6 cm³/mol. The number of carbonyl (C=O) groups excluding carboxylic acids is 1. The summed E-state index contributed by atoms with van der Waals surface area (Å²) in [6.45, 7) is 13.4. The summed E-state index contributed by atoms with van der Waals surface area (Å²) < 4.78 is 0. The monoisotopic (exact) mass is 262 g/mol. The lowest BCUT2D eigenvalue weighted by Gasteiger charge is -2.21. The fourth-order valence-corrected chi connectivity index (χ4v) is 1.58. The average Bonchev–Trinajstić information content (AvgIpc) is 2.25. The molecule has 0 unspecified atom stereocenters. The number of hydrogen-bond donors (Lipinski definition) is 2. The van der Waals surface area contributed by atoms with E-state index in [1.807, 2.05) is 18.2 Å². The van der Waals surface area contributed by atoms with Gasteiger partial charge in [0.25, 0.3) is 0 Å². The Morgan fingerprint density at radius 3 is 2.26 bits per heavy atom. The van der Waals surface area contributed by atoms with Crippen molar-refractivity contribution in [2.45, 2.75) is 47.0 Å². The maximum Gasteiger partial charge on any atom is 0.319 e. The van der Waals surface area contributed by atoms with Gasteiger partial charge in [0.15, 0.2) is 0 Å². The first-order valence-electron chi connectivity index (χ1n) is 6.73. The number of hydrogen-bond acceptors (Lipinski definition) is 1. The van der Waals surface area contributed by atoms with Gasteiger partial charge >= 0.3 is 6.03 Å². The van der Waals surface area contributed by atoms with Gasteiger partial charge in [0, 0.05) is 12.2 Å². The summed E-state index contributed by atoms with van der Waals surface area (Å²) >= 11 is 0. The molecule has 3 nitrogen and oxygen atoms in total. The molecule has 0 saturated carbocycles. The highest BCUT2D eigenvalue weighted by Gasteiger charge is 2.15. The fraction of sp³-hybridized carbons (Fsp3) is 0.562. The molecule has 0 aliphatic heterocycles. The van der Waals surface area contributed by atoms with E-state index in [-0.39, 0.29) is 16.9 Å². The number of benzene rings is 1. The van der Waals surface area contributed by atoms with Crippen molar-refractivity contribution in [3.05, 3.63) is 29.8 Å². The van der Waals surface area contributed by atoms with Crippen molar-refractivity contribution in [3.8, 4) is 0 Å². The van der Waals surface area contributed by atoms with Crippen LogP contribution < -0.4 is 10.6 Å². The molecule has 0 saturated heterocycles. The Morgan fingerprint density at radius 1 is 1.11 bits per heavy atom. The number of rotatable bonds is 2. The highest BCUT2D eigenvalue weighted by atomic mass is 16.2. The SMILES string of the molecule is CC(C)(C)CNC(=O)Nc1cccc(C(C)(C)C)c1. The van der Waals surface area contributed by atoms with Crippen LogP contribution in [0.2, 0.25) is 0 Å². The molecule has 2 N–H and O–H groups in total. The predicted octanol–water partition coefficient (Wildman–Crippen LogP) is 4.15. The second kappa shape index (κ2) is 5.64. The number of anilines is 1. The smallest absolute Gasteiger partial charge is 0.319 e. The van der Waals surface area contributed by atoms with E-state index in [0.717, 1.165) is 5.69 Å². The molecule has 0 aliphatic carbocycles. The molecule has 0 heterocycles. The lowest BCUT2D eigenvalue weighted by Crippen LogP contribution is -2.35. The van der Waals surface area contributed by atoms with Crippen molar-refractivity contribution in [2.75, 3.05) is 11.9 Å². The molecule has 106 valence electrons. The summed E-state index contributed by atoms with van der Waals surface area (Å²) in [4.78, 5) is 11.8. The number of urea groups is 1. The van der Waals surface area contributed by atoms with Crippen LogP contribution in [-0.4, -0.2) is 12.6 Å². The lowest BCUT2D eigenvalue weighted by molar-refractivity contribution is 0.247. The Bertz CT molecular complexity index is 439. The molecule has 3 heteroatoms. The minimum atomic E-state index is -0.152. The summed E-state index contributed by atoms with van der Waals surface area (Å²) in [6.07, 6.45) is 0. The van der Waals surface area contributed by atoms with Crippen LogP contribution in [0.1, 0.15) is 47.1 Å². The van der Waals surface area contributed by atoms with E-state index in [0.29, 0.717) is 6.54 Å². The first-order chi connectivity index (χ1) is 8.58. The van der Waals surface area contributed by atoms with Crippen LogP contribution >= 0.6 is 0 Å². The van der Waals surface area contributed by atoms with E-state index in [2.05, 4.69) is 58.2 Å². The van der Waals surface area contributed by atoms with Crippen molar-refractivity contribution in [3.63, 3.8) is 0 Å². The highest BCUT2D eigenvalue weighted by molar-refractivity contribution is 5.89. The molecule has 0 bridgehead atoms. The zero-order valence-corrected chi connectivity index (χ0v) is 12.9. The Hall–Kier alpha value is -1.51. The van der Waals surface area contributed by atoms with E-state index in [1.165, 1.54) is 5.56 Å². The van der Waals surface area contributed by atoms with Crippen LogP contribution in [0, 0.1) is 5.41 Å². The molecule has 19 heavy (non-hydrogen) atoms. The Morgan fingerprint density at radius 2 is 1.74 bits per heavy atom. The average molecular weight is 262 g/mol. The van der Waals surface area contributed by atoms with E-state index in [9.17, 15) is 4.79 Å². The van der Waals surface area contributed by atoms with Crippen LogP contribution in [0.25, 0.3) is 0 Å². The molecular weight excluding hydrogens is 236 g/mol. The topological polar surface area (TPSA) is 41.1 Å². The van der Waals surface area contributed by atoms with Gasteiger partial charge < -0.3 is 10.6 Å². The zero-order valence-electron chi connectivity index (χ0n) is 12.9. The van der Waals surface area contributed by atoms with Crippen molar-refractivity contribution < 1.29 is 4.79 Å². The first kappa shape index (κ1) is 15.5. The molecule has 1 aromatic rings. The number of nitrogens with one attached hydrogen (secondary N) is 2. The minimum Gasteiger partial charge on any atom is -0.337 e. The van der Waals surface area contributed by atoms with E-state index in [4.69, 9.17) is 0 Å². The summed E-state index contributed by atoms with van der Waals surface area (Å²) in [6, 6.07) is 7.84. The zero-order chi connectivity index (χ0) is 14.7. The molecular formula is C16H26N2O. The number of carbonyl (C=O) groups is 1. The van der Waals surface area contributed by atoms with Gasteiger partial charge in [-0.2, -0.15) is 0 Å². The van der Waals surface area contributed by atoms with Gasteiger partial charge in [0.05, 0.1) is 0 Å². The molecule has 0 aromatic heterocycles. The van der Waals surface area contributed by atoms with Crippen LogP contribution in [0.15, 0.2) is 24.3 Å². The molecule has 0 radical (unpaired) electrons. The van der Waals surface area contributed by atoms with Gasteiger partial charge in [-0.15, -0.1) is 0 Å². The summed E-state index contributed by atoms with van der Waals surface area (Å²) in [5, 5.41) is 5.76. The summed E-state index contributed by atoms with van der Waals surface area (Å²) in [7, 11) is 0. The molecule has 0 spiro atoms. The fourth-order valence-electron chi connectivity index (χ4n) is 1.58. The molecule has 0 aliphatic rings. The highest BCUT2D eigenvalue weighted by Crippen LogP contribution is 2.24. The van der Waals surface area contributed by atoms with Crippen molar-refractivity contribution in [2.24, 2.45) is 5.41 Å². The van der Waals surface area contributed by atoms with Crippen LogP contribution in [0.5, 0.6) is 0 Å². The lowest BCUT2D eigenvalue weighted by atomic mass is 9.87. The maximum absolute atomic E-state index is 11.8. The Balaban J connectivity index is 2.65. The molecule has 0 atom stereocenters. The molecule has 2 amide bonds. The van der Waals surface area contributed by atoms with Crippen molar-refractivity contribution >= 4 is 11.7 Å². The van der Waals surface area contributed by atoms with E-state index in [1.54, 1.807) is 0 Å². The van der Waals surface area contributed by atoms with Gasteiger partial charge in [-0.1, -0.05) is 53.7 Å². The van der Waals surface area contributed by atoms with Gasteiger partial charge in [0.1, 0.15) is 0 Å². The summed E-state index contributed by atoms with van der Waals surface area (Å²) in [5.74, 6) is 0. The second-order valence-corrected chi connectivity index (χ2v) is 7.20. The van der Waals surface area contributed by atoms with Crippen LogP contribution in [-0.2, 0) is 5.41 Å². The Labute approximate surface area is 116 Å². The van der Waals surface area contributed by atoms with E-state index >= 15 is 0 Å². The molecule has 0 fully saturated rings. The van der Waals surface area contributed by atoms with Gasteiger partial charge in [-0.05, 0) is 28.5 Å². The van der Waals surface area contributed by atoms with Crippen LogP contribution in [0.4, 0.5) is 10.5 Å². The third kappa shape index (κ3) is 5.77. The molecule has 1 aromatic carbocycles. The maximum atomic E-state index is 11.8. The molecule has 1 rings (SSSR count). The van der Waals surface area contributed by atoms with Crippen molar-refractivity contribution in [1.29, 1.82) is 0 Å². The Kier molecular flexibility index (Phi) is 4.61. The van der Waals surface area contributed by atoms with Crippen molar-refractivity contribution in [1.82, 2.24) is 5.32 Å². The summed E-state index contributed by atoms with van der Waals surface area (Å²) in [5.41, 5.74) is 2.21. The number of amides is 2. The third-order valence-corrected chi connectivity index (χ3v) is 2.77. The quantitative estimate of drug-likeness (QED) is 0.826. The normalized spacial score (nSPS) is 12.1. The van der Waals surface area contributed by atoms with E-state index < -0.39 is 0 Å². The van der Waals surface area contributed by atoms with Gasteiger partial charge in [-0.3, -0.25) is 0 Å². The first-order valence-corrected chi connectivity index (χ1v) is 6.73. The standard InChI is InChI=1S/C16H26N2O/c1-15(2,3)11-17-14(19)18-13-9-7-8-12(10-13)16(4,5)6/h7-10H,11H2,1-6H3,(H2,17,18,19).